The summed E-state index contributed by atoms with van der Waals surface area (Å²) < 4.78 is 0. The highest BCUT2D eigenvalue weighted by atomic mass is 16.1. The van der Waals surface area contributed by atoms with Crippen molar-refractivity contribution in [2.24, 2.45) is 0 Å². The number of carbonyl (C=O) groups excluding carboxylic acids is 2. The summed E-state index contributed by atoms with van der Waals surface area (Å²) in [4.78, 5) is 35.6. The standard InChI is InChI=1S/C32H18N2O2/c35-31-27-13-21-3-1-2-4-22(21)14-28(27)32(36)30-18-24-16-26(20-7-11-34-12-8-20)25(15-23(24)17-29(30)31)19-5-9-33-10-6-19/h1-18H. The number of ketones is 2. The molecule has 0 radical (unpaired) electrons. The minimum atomic E-state index is -0.115. The fourth-order valence-corrected chi connectivity index (χ4v) is 5.17. The van der Waals surface area contributed by atoms with E-state index in [1.807, 2.05) is 72.8 Å². The van der Waals surface area contributed by atoms with Gasteiger partial charge in [0.05, 0.1) is 0 Å². The van der Waals surface area contributed by atoms with E-state index in [1.54, 1.807) is 24.8 Å². The molecule has 0 aliphatic heterocycles. The Labute approximate surface area is 206 Å². The maximum Gasteiger partial charge on any atom is 0.194 e. The molecular weight excluding hydrogens is 444 g/mol. The molecule has 168 valence electrons. The number of nitrogens with zero attached hydrogens (tertiary/aromatic N) is 2. The molecule has 0 saturated heterocycles. The van der Waals surface area contributed by atoms with Crippen LogP contribution in [0.4, 0.5) is 0 Å². The molecule has 7 rings (SSSR count). The van der Waals surface area contributed by atoms with E-state index in [-0.39, 0.29) is 11.6 Å². The number of carbonyl (C=O) groups is 2. The van der Waals surface area contributed by atoms with Crippen LogP contribution in [0.15, 0.2) is 110 Å². The van der Waals surface area contributed by atoms with Gasteiger partial charge in [-0.15, -0.1) is 0 Å². The average molecular weight is 463 g/mol. The molecule has 0 spiro atoms. The SMILES string of the molecule is O=C1c2cc3ccccc3cc2C(=O)c2cc3cc(-c4ccncc4)c(-c4ccncc4)cc3cc21. The van der Waals surface area contributed by atoms with Crippen molar-refractivity contribution in [1.29, 1.82) is 0 Å². The van der Waals surface area contributed by atoms with Crippen LogP contribution in [0.3, 0.4) is 0 Å². The van der Waals surface area contributed by atoms with Crippen molar-refractivity contribution in [3.63, 3.8) is 0 Å². The van der Waals surface area contributed by atoms with Crippen molar-refractivity contribution in [1.82, 2.24) is 9.97 Å². The van der Waals surface area contributed by atoms with Crippen LogP contribution in [0, 0.1) is 0 Å². The first-order valence-corrected chi connectivity index (χ1v) is 11.7. The van der Waals surface area contributed by atoms with Gasteiger partial charge in [0.15, 0.2) is 11.6 Å². The van der Waals surface area contributed by atoms with Crippen LogP contribution >= 0.6 is 0 Å². The Balaban J connectivity index is 1.48. The molecule has 4 heteroatoms. The molecule has 0 bridgehead atoms. The topological polar surface area (TPSA) is 59.9 Å². The summed E-state index contributed by atoms with van der Waals surface area (Å²) in [5, 5.41) is 3.71. The third-order valence-electron chi connectivity index (χ3n) is 6.96. The number of rotatable bonds is 2. The predicted molar refractivity (Wildman–Crippen MR) is 141 cm³/mol. The van der Waals surface area contributed by atoms with Crippen molar-refractivity contribution in [2.75, 3.05) is 0 Å². The quantitative estimate of drug-likeness (QED) is 0.281. The molecule has 2 aromatic heterocycles. The smallest absolute Gasteiger partial charge is 0.194 e. The third kappa shape index (κ3) is 3.08. The molecule has 0 saturated carbocycles. The molecule has 1 aliphatic rings. The first kappa shape index (κ1) is 20.4. The lowest BCUT2D eigenvalue weighted by atomic mass is 9.81. The van der Waals surface area contributed by atoms with Crippen LogP contribution < -0.4 is 0 Å². The predicted octanol–water partition coefficient (Wildman–Crippen LogP) is 6.89. The summed E-state index contributed by atoms with van der Waals surface area (Å²) in [6.07, 6.45) is 7.08. The second-order valence-corrected chi connectivity index (χ2v) is 9.02. The Hall–Kier alpha value is -4.96. The Morgan fingerprint density at radius 2 is 0.722 bits per heavy atom. The lowest BCUT2D eigenvalue weighted by Gasteiger charge is -2.20. The number of pyridine rings is 2. The highest BCUT2D eigenvalue weighted by molar-refractivity contribution is 6.30. The summed E-state index contributed by atoms with van der Waals surface area (Å²) in [6, 6.07) is 27.3. The lowest BCUT2D eigenvalue weighted by molar-refractivity contribution is 0.0979. The fraction of sp³-hybridized carbons (Fsp3) is 0. The minimum absolute atomic E-state index is 0.115. The number of hydrogen-bond acceptors (Lipinski definition) is 4. The molecule has 0 atom stereocenters. The Bertz CT molecular complexity index is 1720. The average Bonchev–Trinajstić information content (AvgIpc) is 2.94. The molecule has 4 aromatic carbocycles. The Morgan fingerprint density at radius 1 is 0.389 bits per heavy atom. The molecule has 4 nitrogen and oxygen atoms in total. The van der Waals surface area contributed by atoms with E-state index in [0.29, 0.717) is 22.3 Å². The fourth-order valence-electron chi connectivity index (χ4n) is 5.17. The molecule has 2 heterocycles. The van der Waals surface area contributed by atoms with Crippen molar-refractivity contribution < 1.29 is 9.59 Å². The maximum absolute atomic E-state index is 13.6. The second-order valence-electron chi connectivity index (χ2n) is 9.02. The number of aromatic nitrogens is 2. The van der Waals surface area contributed by atoms with Gasteiger partial charge in [-0.05, 0) is 104 Å². The van der Waals surface area contributed by atoms with E-state index in [4.69, 9.17) is 0 Å². The van der Waals surface area contributed by atoms with Gasteiger partial charge in [0.1, 0.15) is 0 Å². The summed E-state index contributed by atoms with van der Waals surface area (Å²) in [6.45, 7) is 0. The van der Waals surface area contributed by atoms with Crippen LogP contribution in [0.5, 0.6) is 0 Å². The van der Waals surface area contributed by atoms with E-state index in [9.17, 15) is 9.59 Å². The van der Waals surface area contributed by atoms with Gasteiger partial charge < -0.3 is 0 Å². The van der Waals surface area contributed by atoms with Crippen molar-refractivity contribution in [2.45, 2.75) is 0 Å². The van der Waals surface area contributed by atoms with E-state index in [2.05, 4.69) is 22.1 Å². The summed E-state index contributed by atoms with van der Waals surface area (Å²) in [5.74, 6) is -0.230. The van der Waals surface area contributed by atoms with Crippen LogP contribution in [0.2, 0.25) is 0 Å². The number of fused-ring (bicyclic) bond motifs is 4. The molecule has 0 N–H and O–H groups in total. The molecule has 0 fully saturated rings. The monoisotopic (exact) mass is 462 g/mol. The zero-order valence-electron chi connectivity index (χ0n) is 19.1. The van der Waals surface area contributed by atoms with Gasteiger partial charge in [0, 0.05) is 47.0 Å². The normalized spacial score (nSPS) is 12.6. The van der Waals surface area contributed by atoms with Crippen LogP contribution in [0.25, 0.3) is 43.8 Å². The molecule has 0 unspecified atom stereocenters. The second kappa shape index (κ2) is 7.79. The zero-order valence-corrected chi connectivity index (χ0v) is 19.1. The minimum Gasteiger partial charge on any atom is -0.289 e. The highest BCUT2D eigenvalue weighted by Crippen LogP contribution is 2.38. The first-order chi connectivity index (χ1) is 17.7. The Kier molecular flexibility index (Phi) is 4.42. The first-order valence-electron chi connectivity index (χ1n) is 11.7. The van der Waals surface area contributed by atoms with Crippen LogP contribution in [0.1, 0.15) is 31.8 Å². The molecule has 6 aromatic rings. The van der Waals surface area contributed by atoms with Gasteiger partial charge in [0.2, 0.25) is 0 Å². The van der Waals surface area contributed by atoms with E-state index >= 15 is 0 Å². The van der Waals surface area contributed by atoms with E-state index in [0.717, 1.165) is 43.8 Å². The number of benzene rings is 4. The Morgan fingerprint density at radius 3 is 1.11 bits per heavy atom. The van der Waals surface area contributed by atoms with Crippen molar-refractivity contribution in [3.05, 3.63) is 132 Å². The highest BCUT2D eigenvalue weighted by Gasteiger charge is 2.30. The van der Waals surface area contributed by atoms with Gasteiger partial charge in [-0.25, -0.2) is 0 Å². The van der Waals surface area contributed by atoms with E-state index in [1.165, 1.54) is 0 Å². The summed E-state index contributed by atoms with van der Waals surface area (Å²) >= 11 is 0. The summed E-state index contributed by atoms with van der Waals surface area (Å²) in [5.41, 5.74) is 5.93. The van der Waals surface area contributed by atoms with Gasteiger partial charge in [-0.1, -0.05) is 24.3 Å². The van der Waals surface area contributed by atoms with Gasteiger partial charge in [-0.2, -0.15) is 0 Å². The third-order valence-corrected chi connectivity index (χ3v) is 6.96. The van der Waals surface area contributed by atoms with Crippen LogP contribution in [-0.2, 0) is 0 Å². The van der Waals surface area contributed by atoms with Gasteiger partial charge >= 0.3 is 0 Å². The number of hydrogen-bond donors (Lipinski definition) is 0. The maximum atomic E-state index is 13.6. The molecule has 0 amide bonds. The van der Waals surface area contributed by atoms with Gasteiger partial charge in [-0.3, -0.25) is 19.6 Å². The van der Waals surface area contributed by atoms with Gasteiger partial charge in [0.25, 0.3) is 0 Å². The molecule has 1 aliphatic carbocycles. The molecule has 36 heavy (non-hydrogen) atoms. The zero-order chi connectivity index (χ0) is 24.2. The molecular formula is C32H18N2O2. The summed E-state index contributed by atoms with van der Waals surface area (Å²) in [7, 11) is 0. The van der Waals surface area contributed by atoms with Crippen LogP contribution in [-0.4, -0.2) is 21.5 Å². The van der Waals surface area contributed by atoms with Crippen molar-refractivity contribution >= 4 is 33.1 Å². The lowest BCUT2D eigenvalue weighted by Crippen LogP contribution is -2.21. The van der Waals surface area contributed by atoms with Crippen molar-refractivity contribution in [3.8, 4) is 22.3 Å². The van der Waals surface area contributed by atoms with E-state index < -0.39 is 0 Å². The largest absolute Gasteiger partial charge is 0.289 e.